The predicted octanol–water partition coefficient (Wildman–Crippen LogP) is 0.388. The minimum atomic E-state index is -0.0892. The molecule has 1 aliphatic rings. The summed E-state index contributed by atoms with van der Waals surface area (Å²) in [6.45, 7) is 2.44. The fourth-order valence-electron chi connectivity index (χ4n) is 1.10. The van der Waals surface area contributed by atoms with Gasteiger partial charge >= 0.3 is 6.03 Å². The third-order valence-electron chi connectivity index (χ3n) is 1.83. The van der Waals surface area contributed by atoms with Crippen LogP contribution in [-0.4, -0.2) is 24.5 Å². The van der Waals surface area contributed by atoms with E-state index in [1.54, 1.807) is 11.9 Å². The highest BCUT2D eigenvalue weighted by atomic mass is 16.2. The number of nitrogens with two attached hydrogens (primary N) is 1. The van der Waals surface area contributed by atoms with Crippen molar-refractivity contribution in [3.63, 3.8) is 0 Å². The number of urea groups is 1. The van der Waals surface area contributed by atoms with Gasteiger partial charge in [0.1, 0.15) is 0 Å². The molecule has 3 N–H and O–H groups in total. The van der Waals surface area contributed by atoms with Crippen LogP contribution in [0.5, 0.6) is 0 Å². The largest absolute Gasteiger partial charge is 0.404 e. The van der Waals surface area contributed by atoms with Crippen LogP contribution in [0, 0.1) is 0 Å². The number of nitrogens with one attached hydrogen (secondary N) is 1. The first kappa shape index (κ1) is 8.64. The Labute approximate surface area is 71.7 Å². The number of carbonyl (C=O) groups is 1. The van der Waals surface area contributed by atoms with Crippen LogP contribution >= 0.6 is 0 Å². The van der Waals surface area contributed by atoms with Crippen LogP contribution in [0.25, 0.3) is 0 Å². The monoisotopic (exact) mass is 167 g/mol. The first-order chi connectivity index (χ1) is 5.69. The maximum absolute atomic E-state index is 11.1. The van der Waals surface area contributed by atoms with E-state index in [4.69, 9.17) is 5.73 Å². The van der Waals surface area contributed by atoms with Crippen LogP contribution in [0.4, 0.5) is 4.79 Å². The van der Waals surface area contributed by atoms with E-state index in [1.807, 2.05) is 13.0 Å². The second kappa shape index (κ2) is 3.30. The van der Waals surface area contributed by atoms with E-state index in [-0.39, 0.29) is 6.03 Å². The predicted molar refractivity (Wildman–Crippen MR) is 47.2 cm³/mol. The van der Waals surface area contributed by atoms with E-state index in [9.17, 15) is 4.79 Å². The minimum absolute atomic E-state index is 0.0892. The lowest BCUT2D eigenvalue weighted by Gasteiger charge is -2.27. The van der Waals surface area contributed by atoms with Crippen molar-refractivity contribution in [1.29, 1.82) is 0 Å². The normalized spacial score (nSPS) is 24.8. The number of hydrogen-bond donors (Lipinski definition) is 2. The fraction of sp³-hybridized carbons (Fsp3) is 0.375. The van der Waals surface area contributed by atoms with E-state index >= 15 is 0 Å². The Kier molecular flexibility index (Phi) is 2.38. The maximum atomic E-state index is 11.1. The molecule has 1 saturated heterocycles. The van der Waals surface area contributed by atoms with Crippen LogP contribution in [-0.2, 0) is 0 Å². The Hall–Kier alpha value is -1.45. The molecule has 4 heteroatoms. The van der Waals surface area contributed by atoms with Crippen molar-refractivity contribution in [1.82, 2.24) is 10.2 Å². The summed E-state index contributed by atoms with van der Waals surface area (Å²) in [5, 5.41) is 2.72. The molecule has 0 spiro atoms. The van der Waals surface area contributed by atoms with Gasteiger partial charge in [-0.1, -0.05) is 6.08 Å². The summed E-state index contributed by atoms with van der Waals surface area (Å²) < 4.78 is 0. The van der Waals surface area contributed by atoms with Gasteiger partial charge in [-0.3, -0.25) is 0 Å². The van der Waals surface area contributed by atoms with Gasteiger partial charge in [0.25, 0.3) is 0 Å². The number of nitrogens with zero attached hydrogens (tertiary/aromatic N) is 1. The molecule has 4 nitrogen and oxygen atoms in total. The first-order valence-electron chi connectivity index (χ1n) is 3.78. The molecule has 0 radical (unpaired) electrons. The molecule has 66 valence electrons. The van der Waals surface area contributed by atoms with E-state index in [0.29, 0.717) is 6.54 Å². The molecule has 1 fully saturated rings. The maximum Gasteiger partial charge on any atom is 0.321 e. The van der Waals surface area contributed by atoms with Crippen LogP contribution in [0.2, 0.25) is 0 Å². The molecule has 0 atom stereocenters. The summed E-state index contributed by atoms with van der Waals surface area (Å²) >= 11 is 0. The van der Waals surface area contributed by atoms with Gasteiger partial charge in [-0.05, 0) is 6.92 Å². The zero-order valence-electron chi connectivity index (χ0n) is 7.29. The van der Waals surface area contributed by atoms with Gasteiger partial charge in [0.2, 0.25) is 0 Å². The van der Waals surface area contributed by atoms with E-state index in [2.05, 4.69) is 5.32 Å². The lowest BCUT2D eigenvalue weighted by Crippen LogP contribution is -2.44. The molecular weight excluding hydrogens is 154 g/mol. The lowest BCUT2D eigenvalue weighted by atomic mass is 10.1. The van der Waals surface area contributed by atoms with Crippen LogP contribution in [0.1, 0.15) is 6.92 Å². The van der Waals surface area contributed by atoms with Crippen molar-refractivity contribution < 1.29 is 4.79 Å². The van der Waals surface area contributed by atoms with Gasteiger partial charge < -0.3 is 16.0 Å². The molecule has 0 saturated carbocycles. The van der Waals surface area contributed by atoms with E-state index in [0.717, 1.165) is 11.3 Å². The molecule has 1 rings (SSSR count). The third kappa shape index (κ3) is 1.42. The van der Waals surface area contributed by atoms with Crippen LogP contribution in [0.15, 0.2) is 23.5 Å². The molecule has 1 heterocycles. The average molecular weight is 167 g/mol. The van der Waals surface area contributed by atoms with Gasteiger partial charge in [-0.25, -0.2) is 4.79 Å². The number of carbonyl (C=O) groups excluding carboxylic acids is 1. The summed E-state index contributed by atoms with van der Waals surface area (Å²) in [7, 11) is 1.73. The second-order valence-electron chi connectivity index (χ2n) is 2.68. The Bertz CT molecular complexity index is 255. The minimum Gasteiger partial charge on any atom is -0.404 e. The molecule has 0 aromatic heterocycles. The molecule has 0 unspecified atom stereocenters. The van der Waals surface area contributed by atoms with Crippen molar-refractivity contribution in [3.8, 4) is 0 Å². The molecule has 0 aliphatic carbocycles. The molecule has 0 aromatic carbocycles. The quantitative estimate of drug-likeness (QED) is 0.548. The fourth-order valence-corrected chi connectivity index (χ4v) is 1.10. The number of rotatable bonds is 0. The van der Waals surface area contributed by atoms with Gasteiger partial charge in [0.15, 0.2) is 0 Å². The van der Waals surface area contributed by atoms with Gasteiger partial charge in [-0.2, -0.15) is 0 Å². The molecule has 12 heavy (non-hydrogen) atoms. The lowest BCUT2D eigenvalue weighted by molar-refractivity contribution is 0.211. The standard InChI is InChI=1S/C8H13N3O/c1-3-7-6(4-9)5-11(2)8(12)10-7/h3-4H,5,9H2,1-2H3,(H,10,12)/b6-4-,7-3+. The Morgan fingerprint density at radius 1 is 1.67 bits per heavy atom. The SMILES string of the molecule is C/C=C1/NC(=O)N(C)C/C1=C/N. The third-order valence-corrected chi connectivity index (χ3v) is 1.83. The van der Waals surface area contributed by atoms with Gasteiger partial charge in [-0.15, -0.1) is 0 Å². The number of amides is 2. The first-order valence-corrected chi connectivity index (χ1v) is 3.78. The van der Waals surface area contributed by atoms with Gasteiger partial charge in [0.05, 0.1) is 6.54 Å². The molecule has 0 bridgehead atoms. The Morgan fingerprint density at radius 3 is 2.83 bits per heavy atom. The smallest absolute Gasteiger partial charge is 0.321 e. The number of allylic oxidation sites excluding steroid dienone is 1. The van der Waals surface area contributed by atoms with Crippen molar-refractivity contribution in [3.05, 3.63) is 23.5 Å². The van der Waals surface area contributed by atoms with Crippen molar-refractivity contribution in [2.24, 2.45) is 5.73 Å². The highest BCUT2D eigenvalue weighted by Crippen LogP contribution is 2.12. The summed E-state index contributed by atoms with van der Waals surface area (Å²) in [6, 6.07) is -0.0892. The van der Waals surface area contributed by atoms with Crippen molar-refractivity contribution >= 4 is 6.03 Å². The van der Waals surface area contributed by atoms with Gasteiger partial charge in [0, 0.05) is 24.5 Å². The summed E-state index contributed by atoms with van der Waals surface area (Å²) in [5.41, 5.74) is 7.15. The summed E-state index contributed by atoms with van der Waals surface area (Å²) in [6.07, 6.45) is 3.36. The zero-order valence-corrected chi connectivity index (χ0v) is 7.29. The molecule has 2 amide bonds. The van der Waals surface area contributed by atoms with Crippen molar-refractivity contribution in [2.75, 3.05) is 13.6 Å². The van der Waals surface area contributed by atoms with Crippen LogP contribution < -0.4 is 11.1 Å². The highest BCUT2D eigenvalue weighted by molar-refractivity contribution is 5.79. The van der Waals surface area contributed by atoms with Crippen molar-refractivity contribution in [2.45, 2.75) is 6.92 Å². The number of hydrogen-bond acceptors (Lipinski definition) is 2. The van der Waals surface area contributed by atoms with E-state index < -0.39 is 0 Å². The summed E-state index contributed by atoms with van der Waals surface area (Å²) in [5.74, 6) is 0. The summed E-state index contributed by atoms with van der Waals surface area (Å²) in [4.78, 5) is 12.7. The Balaban J connectivity index is 2.86. The Morgan fingerprint density at radius 2 is 2.33 bits per heavy atom. The molecular formula is C8H13N3O. The highest BCUT2D eigenvalue weighted by Gasteiger charge is 2.20. The number of likely N-dealkylation sites (N-methyl/N-ethyl adjacent to an activating group) is 1. The second-order valence-corrected chi connectivity index (χ2v) is 2.68. The molecule has 0 aromatic rings. The topological polar surface area (TPSA) is 58.4 Å². The average Bonchev–Trinajstić information content (AvgIpc) is 2.09. The van der Waals surface area contributed by atoms with Crippen LogP contribution in [0.3, 0.4) is 0 Å². The molecule has 1 aliphatic heterocycles. The van der Waals surface area contributed by atoms with E-state index in [1.165, 1.54) is 6.20 Å². The zero-order chi connectivity index (χ0) is 9.14.